The summed E-state index contributed by atoms with van der Waals surface area (Å²) in [5, 5.41) is 20.7. The molecule has 0 unspecified atom stereocenters. The molecule has 2 N–H and O–H groups in total. The summed E-state index contributed by atoms with van der Waals surface area (Å²) in [4.78, 5) is 25.7. The maximum Gasteiger partial charge on any atom is 0.375 e. The van der Waals surface area contributed by atoms with Crippen molar-refractivity contribution in [2.75, 3.05) is 0 Å². The minimum Gasteiger partial charge on any atom is -0.452 e. The number of amidine groups is 1. The quantitative estimate of drug-likeness (QED) is 0.263. The van der Waals surface area contributed by atoms with Gasteiger partial charge in [0.15, 0.2) is 5.60 Å². The smallest absolute Gasteiger partial charge is 0.375 e. The number of nitrogens with zero attached hydrogens (tertiary/aromatic N) is 3. The third-order valence-electron chi connectivity index (χ3n) is 3.33. The van der Waals surface area contributed by atoms with Crippen LogP contribution in [0.5, 0.6) is 0 Å². The molecule has 10 heteroatoms. The van der Waals surface area contributed by atoms with Gasteiger partial charge in [0.2, 0.25) is 5.89 Å². The Kier molecular flexibility index (Phi) is 4.67. The molecule has 1 fully saturated rings. The maximum absolute atomic E-state index is 12.0. The molecular weight excluding hydrogens is 318 g/mol. The van der Waals surface area contributed by atoms with Crippen molar-refractivity contribution in [2.45, 2.75) is 45.8 Å². The second-order valence-electron chi connectivity index (χ2n) is 6.50. The van der Waals surface area contributed by atoms with Gasteiger partial charge >= 0.3 is 11.8 Å². The Morgan fingerprint density at radius 1 is 1.62 bits per heavy atom. The molecule has 1 heterocycles. The predicted octanol–water partition coefficient (Wildman–Crippen LogP) is 1.58. The molecule has 1 aromatic rings. The van der Waals surface area contributed by atoms with Gasteiger partial charge in [0.05, 0.1) is 5.41 Å². The summed E-state index contributed by atoms with van der Waals surface area (Å²) in [5.41, 5.74) is 1.72. The lowest BCUT2D eigenvalue weighted by molar-refractivity contribution is -0.346. The van der Waals surface area contributed by atoms with Crippen molar-refractivity contribution in [2.24, 2.45) is 10.5 Å². The van der Waals surface area contributed by atoms with Crippen LogP contribution in [0.2, 0.25) is 0 Å². The van der Waals surface area contributed by atoms with Crippen molar-refractivity contribution in [3.05, 3.63) is 28.0 Å². The molecule has 0 spiro atoms. The summed E-state index contributed by atoms with van der Waals surface area (Å²) in [7, 11) is 0. The van der Waals surface area contributed by atoms with Gasteiger partial charge in [0.1, 0.15) is 24.7 Å². The highest BCUT2D eigenvalue weighted by Gasteiger charge is 2.52. The number of nitrogens with one attached hydrogen (secondary N) is 2. The number of hydrazone groups is 1. The predicted molar refractivity (Wildman–Crippen MR) is 83.0 cm³/mol. The van der Waals surface area contributed by atoms with E-state index in [-0.39, 0.29) is 12.5 Å². The van der Waals surface area contributed by atoms with Crippen molar-refractivity contribution >= 4 is 18.0 Å². The zero-order valence-electron chi connectivity index (χ0n) is 13.7. The zero-order valence-corrected chi connectivity index (χ0v) is 13.7. The van der Waals surface area contributed by atoms with E-state index in [0.29, 0.717) is 24.4 Å². The van der Waals surface area contributed by atoms with E-state index in [2.05, 4.69) is 15.5 Å². The number of esters is 1. The first-order chi connectivity index (χ1) is 11.1. The van der Waals surface area contributed by atoms with Crippen molar-refractivity contribution in [3.8, 4) is 0 Å². The molecule has 1 aliphatic carbocycles. The standard InChI is InChI=1S/C14H19N5O5/c1-13(2,3)12(20)24-14(4-5-14)9-8-23-11(18-9)7-17-16-6-10(15)19(21)22/h6,8,15,17H,4-5,7H2,1-3H3/b15-10?,16-6-. The number of hydrogen-bond acceptors (Lipinski definition) is 9. The van der Waals surface area contributed by atoms with E-state index in [1.807, 2.05) is 0 Å². The summed E-state index contributed by atoms with van der Waals surface area (Å²) >= 11 is 0. The Balaban J connectivity index is 1.92. The van der Waals surface area contributed by atoms with Crippen molar-refractivity contribution in [1.82, 2.24) is 10.4 Å². The van der Waals surface area contributed by atoms with Crippen LogP contribution < -0.4 is 5.43 Å². The average Bonchev–Trinajstić information content (AvgIpc) is 3.10. The summed E-state index contributed by atoms with van der Waals surface area (Å²) in [6.07, 6.45) is 3.58. The monoisotopic (exact) mass is 337 g/mol. The largest absolute Gasteiger partial charge is 0.452 e. The Bertz CT molecular complexity index is 684. The Morgan fingerprint density at radius 2 is 2.29 bits per heavy atom. The minimum absolute atomic E-state index is 0.0881. The van der Waals surface area contributed by atoms with Gasteiger partial charge in [-0.15, -0.1) is 0 Å². The van der Waals surface area contributed by atoms with E-state index in [1.165, 1.54) is 6.26 Å². The molecule has 130 valence electrons. The molecule has 0 amide bonds. The molecule has 1 aromatic heterocycles. The molecule has 0 radical (unpaired) electrons. The van der Waals surface area contributed by atoms with Gasteiger partial charge in [-0.1, -0.05) is 5.41 Å². The molecule has 24 heavy (non-hydrogen) atoms. The van der Waals surface area contributed by atoms with E-state index in [4.69, 9.17) is 14.6 Å². The van der Waals surface area contributed by atoms with E-state index >= 15 is 0 Å². The van der Waals surface area contributed by atoms with Crippen LogP contribution >= 0.6 is 0 Å². The molecule has 0 saturated heterocycles. The van der Waals surface area contributed by atoms with Crippen LogP contribution in [0.3, 0.4) is 0 Å². The molecule has 1 saturated carbocycles. The summed E-state index contributed by atoms with van der Waals surface area (Å²) in [5.74, 6) is -0.833. The Hall–Kier alpha value is -2.78. The molecule has 0 aromatic carbocycles. The van der Waals surface area contributed by atoms with Crippen LogP contribution in [-0.4, -0.2) is 27.9 Å². The van der Waals surface area contributed by atoms with Crippen LogP contribution in [0.4, 0.5) is 0 Å². The minimum atomic E-state index is -0.866. The van der Waals surface area contributed by atoms with Crippen molar-refractivity contribution < 1.29 is 18.9 Å². The lowest BCUT2D eigenvalue weighted by Crippen LogP contribution is -2.28. The lowest BCUT2D eigenvalue weighted by atomic mass is 9.97. The number of hydrogen-bond donors (Lipinski definition) is 2. The molecule has 0 atom stereocenters. The van der Waals surface area contributed by atoms with Crippen LogP contribution in [0.1, 0.15) is 45.2 Å². The van der Waals surface area contributed by atoms with E-state index < -0.39 is 21.8 Å². The Morgan fingerprint density at radius 3 is 2.83 bits per heavy atom. The number of rotatable bonds is 6. The maximum atomic E-state index is 12.0. The van der Waals surface area contributed by atoms with Crippen LogP contribution in [-0.2, 0) is 21.7 Å². The highest BCUT2D eigenvalue weighted by molar-refractivity contribution is 6.23. The summed E-state index contributed by atoms with van der Waals surface area (Å²) in [6, 6.07) is 0. The van der Waals surface area contributed by atoms with E-state index in [9.17, 15) is 14.9 Å². The Labute approximate surface area is 137 Å². The highest BCUT2D eigenvalue weighted by Crippen LogP contribution is 2.49. The first-order valence-electron chi connectivity index (χ1n) is 7.31. The fourth-order valence-electron chi connectivity index (χ4n) is 1.72. The number of carbonyl (C=O) groups is 1. The molecule has 1 aliphatic rings. The van der Waals surface area contributed by atoms with E-state index in [1.54, 1.807) is 20.8 Å². The number of nitro groups is 1. The fraction of sp³-hybridized carbons (Fsp3) is 0.571. The zero-order chi connectivity index (χ0) is 18.0. The summed E-state index contributed by atoms with van der Waals surface area (Å²) in [6.45, 7) is 5.43. The van der Waals surface area contributed by atoms with Gasteiger partial charge in [-0.3, -0.25) is 4.79 Å². The first kappa shape index (κ1) is 17.6. The summed E-state index contributed by atoms with van der Waals surface area (Å²) < 4.78 is 10.9. The van der Waals surface area contributed by atoms with Crippen molar-refractivity contribution in [1.29, 1.82) is 5.41 Å². The first-order valence-corrected chi connectivity index (χ1v) is 7.31. The molecule has 0 bridgehead atoms. The molecule has 0 aliphatic heterocycles. The molecule has 10 nitrogen and oxygen atoms in total. The molecule has 2 rings (SSSR count). The second-order valence-corrected chi connectivity index (χ2v) is 6.50. The van der Waals surface area contributed by atoms with Crippen LogP contribution in [0, 0.1) is 20.9 Å². The van der Waals surface area contributed by atoms with E-state index in [0.717, 1.165) is 6.21 Å². The van der Waals surface area contributed by atoms with Gasteiger partial charge in [0.25, 0.3) is 0 Å². The number of aromatic nitrogens is 1. The third-order valence-corrected chi connectivity index (χ3v) is 3.33. The normalized spacial score (nSPS) is 16.0. The number of ether oxygens (including phenoxy) is 1. The topological polar surface area (TPSA) is 144 Å². The van der Waals surface area contributed by atoms with Crippen LogP contribution in [0.15, 0.2) is 15.8 Å². The van der Waals surface area contributed by atoms with Gasteiger partial charge in [0, 0.05) is 0 Å². The van der Waals surface area contributed by atoms with Crippen LogP contribution in [0.25, 0.3) is 0 Å². The van der Waals surface area contributed by atoms with Gasteiger partial charge in [-0.25, -0.2) is 4.98 Å². The number of oxazole rings is 1. The lowest BCUT2D eigenvalue weighted by Gasteiger charge is -2.21. The molecular formula is C14H19N5O5. The fourth-order valence-corrected chi connectivity index (χ4v) is 1.72. The second kappa shape index (κ2) is 6.38. The number of carbonyl (C=O) groups excluding carboxylic acids is 1. The van der Waals surface area contributed by atoms with Gasteiger partial charge < -0.3 is 24.7 Å². The SMILES string of the molecule is CC(C)(C)C(=O)OC1(c2coc(CN/N=C\C(=N)[N+](=O)[O-])n2)CC1. The average molecular weight is 337 g/mol. The van der Waals surface area contributed by atoms with Gasteiger partial charge in [-0.05, 0) is 38.5 Å². The third kappa shape index (κ3) is 4.15. The van der Waals surface area contributed by atoms with Crippen molar-refractivity contribution in [3.63, 3.8) is 0 Å². The highest BCUT2D eigenvalue weighted by atomic mass is 16.6. The van der Waals surface area contributed by atoms with Gasteiger partial charge in [-0.2, -0.15) is 5.10 Å².